The fraction of sp³-hybridized carbons (Fsp3) is 0.545. The van der Waals surface area contributed by atoms with Gasteiger partial charge in [-0.05, 0) is 38.2 Å². The number of ketones is 1. The van der Waals surface area contributed by atoms with Gasteiger partial charge in [-0.25, -0.2) is 0 Å². The maximum atomic E-state index is 11.1. The highest BCUT2D eigenvalue weighted by atomic mass is 16.1. The van der Waals surface area contributed by atoms with Crippen LogP contribution in [0.4, 0.5) is 0 Å². The maximum Gasteiger partial charge on any atom is 0.155 e. The summed E-state index contributed by atoms with van der Waals surface area (Å²) in [5.41, 5.74) is 2.28. The van der Waals surface area contributed by atoms with Crippen LogP contribution in [0.15, 0.2) is 23.3 Å². The van der Waals surface area contributed by atoms with Gasteiger partial charge in [0.2, 0.25) is 0 Å². The fourth-order valence-electron chi connectivity index (χ4n) is 1.54. The summed E-state index contributed by atoms with van der Waals surface area (Å²) >= 11 is 0. The second-order valence-electron chi connectivity index (χ2n) is 3.60. The van der Waals surface area contributed by atoms with Gasteiger partial charge in [0.05, 0.1) is 0 Å². The summed E-state index contributed by atoms with van der Waals surface area (Å²) in [4.78, 5) is 11.1. The summed E-state index contributed by atoms with van der Waals surface area (Å²) < 4.78 is 0. The molecule has 0 heterocycles. The number of hydrogen-bond acceptors (Lipinski definition) is 1. The van der Waals surface area contributed by atoms with Gasteiger partial charge in [-0.1, -0.05) is 24.6 Å². The van der Waals surface area contributed by atoms with Crippen molar-refractivity contribution in [3.63, 3.8) is 0 Å². The van der Waals surface area contributed by atoms with E-state index in [-0.39, 0.29) is 5.78 Å². The zero-order chi connectivity index (χ0) is 9.14. The van der Waals surface area contributed by atoms with E-state index in [0.717, 1.165) is 18.4 Å². The molecule has 0 spiro atoms. The minimum absolute atomic E-state index is 0.215. The van der Waals surface area contributed by atoms with Gasteiger partial charge in [-0.15, -0.1) is 0 Å². The molecule has 0 saturated carbocycles. The van der Waals surface area contributed by atoms with E-state index in [1.54, 1.807) is 6.92 Å². The monoisotopic (exact) mass is 164 g/mol. The Labute approximate surface area is 74.2 Å². The smallest absolute Gasteiger partial charge is 0.155 e. The first-order chi connectivity index (χ1) is 5.61. The van der Waals surface area contributed by atoms with Crippen LogP contribution in [0.2, 0.25) is 0 Å². The molecular weight excluding hydrogens is 148 g/mol. The molecule has 0 fully saturated rings. The molecule has 12 heavy (non-hydrogen) atoms. The van der Waals surface area contributed by atoms with Gasteiger partial charge in [0.15, 0.2) is 5.78 Å². The second kappa shape index (κ2) is 3.70. The number of rotatable bonds is 1. The van der Waals surface area contributed by atoms with E-state index in [1.807, 2.05) is 6.92 Å². The van der Waals surface area contributed by atoms with Crippen molar-refractivity contribution in [2.24, 2.45) is 5.92 Å². The van der Waals surface area contributed by atoms with Crippen molar-refractivity contribution in [1.29, 1.82) is 0 Å². The lowest BCUT2D eigenvalue weighted by Crippen LogP contribution is -2.04. The van der Waals surface area contributed by atoms with Crippen molar-refractivity contribution in [1.82, 2.24) is 0 Å². The van der Waals surface area contributed by atoms with Crippen molar-refractivity contribution in [2.75, 3.05) is 0 Å². The number of Topliss-reactive ketones (excluding diaryl/α,β-unsaturated/α-hetero) is 1. The number of carbonyl (C=O) groups is 1. The highest BCUT2D eigenvalue weighted by Gasteiger charge is 2.11. The van der Waals surface area contributed by atoms with Gasteiger partial charge in [-0.2, -0.15) is 0 Å². The highest BCUT2D eigenvalue weighted by molar-refractivity contribution is 5.93. The van der Waals surface area contributed by atoms with Crippen molar-refractivity contribution < 1.29 is 4.79 Å². The molecule has 0 amide bonds. The van der Waals surface area contributed by atoms with Crippen molar-refractivity contribution in [3.8, 4) is 0 Å². The molecule has 0 aromatic rings. The number of hydrogen-bond donors (Lipinski definition) is 0. The summed E-state index contributed by atoms with van der Waals surface area (Å²) in [6.45, 7) is 5.76. The summed E-state index contributed by atoms with van der Waals surface area (Å²) in [5.74, 6) is 0.815. The molecule has 0 aromatic heterocycles. The van der Waals surface area contributed by atoms with E-state index in [2.05, 4.69) is 19.1 Å². The van der Waals surface area contributed by atoms with E-state index in [0.29, 0.717) is 5.92 Å². The molecule has 0 N–H and O–H groups in total. The topological polar surface area (TPSA) is 17.1 Å². The molecule has 0 saturated heterocycles. The van der Waals surface area contributed by atoms with E-state index < -0.39 is 0 Å². The first-order valence-electron chi connectivity index (χ1n) is 4.47. The molecule has 1 atom stereocenters. The Kier molecular flexibility index (Phi) is 2.85. The third kappa shape index (κ3) is 2.07. The third-order valence-corrected chi connectivity index (χ3v) is 2.46. The number of carbonyl (C=O) groups excluding carboxylic acids is 1. The Hall–Kier alpha value is -0.850. The Morgan fingerprint density at radius 3 is 2.67 bits per heavy atom. The summed E-state index contributed by atoms with van der Waals surface area (Å²) in [7, 11) is 0. The Balaban J connectivity index is 2.83. The van der Waals surface area contributed by atoms with Gasteiger partial charge in [-0.3, -0.25) is 4.79 Å². The molecular formula is C11H16O. The molecule has 1 heteroatoms. The summed E-state index contributed by atoms with van der Waals surface area (Å²) in [5, 5.41) is 0. The van der Waals surface area contributed by atoms with Crippen LogP contribution < -0.4 is 0 Å². The van der Waals surface area contributed by atoms with Gasteiger partial charge < -0.3 is 0 Å². The molecule has 0 aromatic carbocycles. The van der Waals surface area contributed by atoms with Crippen LogP contribution in [-0.2, 0) is 4.79 Å². The lowest BCUT2D eigenvalue weighted by Gasteiger charge is -2.16. The van der Waals surface area contributed by atoms with Crippen molar-refractivity contribution >= 4 is 5.78 Å². The summed E-state index contributed by atoms with van der Waals surface area (Å²) in [6, 6.07) is 0. The average Bonchev–Trinajstić information content (AvgIpc) is 2.03. The zero-order valence-electron chi connectivity index (χ0n) is 8.05. The molecule has 1 aliphatic carbocycles. The van der Waals surface area contributed by atoms with Crippen LogP contribution in [0.25, 0.3) is 0 Å². The normalized spacial score (nSPS) is 27.1. The third-order valence-electron chi connectivity index (χ3n) is 2.46. The summed E-state index contributed by atoms with van der Waals surface area (Å²) in [6.07, 6.45) is 6.41. The van der Waals surface area contributed by atoms with Crippen LogP contribution in [0.3, 0.4) is 0 Å². The second-order valence-corrected chi connectivity index (χ2v) is 3.60. The quantitative estimate of drug-likeness (QED) is 0.430. The first-order valence-corrected chi connectivity index (χ1v) is 4.47. The van der Waals surface area contributed by atoms with Crippen LogP contribution in [0.1, 0.15) is 33.6 Å². The molecule has 1 rings (SSSR count). The van der Waals surface area contributed by atoms with Crippen LogP contribution in [0.5, 0.6) is 0 Å². The first kappa shape index (κ1) is 9.24. The molecule has 0 bridgehead atoms. The van der Waals surface area contributed by atoms with Gasteiger partial charge in [0.25, 0.3) is 0 Å². The predicted octanol–water partition coefficient (Wildman–Crippen LogP) is 2.88. The van der Waals surface area contributed by atoms with Crippen LogP contribution in [-0.4, -0.2) is 5.78 Å². The largest absolute Gasteiger partial charge is 0.295 e. The standard InChI is InChI=1S/C11H16O/c1-8-5-4-6-11(7-8)9(2)10(3)12/h4-5,8H,6-7H2,1-3H3. The van der Waals surface area contributed by atoms with Crippen LogP contribution >= 0.6 is 0 Å². The Bertz CT molecular complexity index is 246. The Morgan fingerprint density at radius 2 is 2.17 bits per heavy atom. The average molecular weight is 164 g/mol. The zero-order valence-corrected chi connectivity index (χ0v) is 8.05. The molecule has 1 nitrogen and oxygen atoms in total. The fourth-order valence-corrected chi connectivity index (χ4v) is 1.54. The molecule has 1 aliphatic rings. The minimum atomic E-state index is 0.215. The predicted molar refractivity (Wildman–Crippen MR) is 50.9 cm³/mol. The van der Waals surface area contributed by atoms with Crippen molar-refractivity contribution in [3.05, 3.63) is 23.3 Å². The highest BCUT2D eigenvalue weighted by Crippen LogP contribution is 2.25. The van der Waals surface area contributed by atoms with Gasteiger partial charge in [0, 0.05) is 0 Å². The van der Waals surface area contributed by atoms with E-state index in [4.69, 9.17) is 0 Å². The minimum Gasteiger partial charge on any atom is -0.295 e. The van der Waals surface area contributed by atoms with E-state index in [9.17, 15) is 4.79 Å². The molecule has 0 aliphatic heterocycles. The SMILES string of the molecule is CC(=O)C(C)=C1CC=CC(C)C1. The van der Waals surface area contributed by atoms with Crippen molar-refractivity contribution in [2.45, 2.75) is 33.6 Å². The molecule has 66 valence electrons. The number of allylic oxidation sites excluding steroid dienone is 4. The maximum absolute atomic E-state index is 11.1. The van der Waals surface area contributed by atoms with Gasteiger partial charge >= 0.3 is 0 Å². The van der Waals surface area contributed by atoms with E-state index >= 15 is 0 Å². The Morgan fingerprint density at radius 1 is 1.50 bits per heavy atom. The lowest BCUT2D eigenvalue weighted by atomic mass is 9.89. The van der Waals surface area contributed by atoms with Crippen LogP contribution in [0, 0.1) is 5.92 Å². The molecule has 1 unspecified atom stereocenters. The lowest BCUT2D eigenvalue weighted by molar-refractivity contribution is -0.113. The van der Waals surface area contributed by atoms with E-state index in [1.165, 1.54) is 5.57 Å². The van der Waals surface area contributed by atoms with Gasteiger partial charge in [0.1, 0.15) is 0 Å². The molecule has 0 radical (unpaired) electrons.